The minimum Gasteiger partial charge on any atom is -0.484 e. The zero-order chi connectivity index (χ0) is 21.3. The molecular weight excluding hydrogens is 382 g/mol. The number of nitrogens with zero attached hydrogens (tertiary/aromatic N) is 4. The molecule has 8 nitrogen and oxygen atoms in total. The van der Waals surface area contributed by atoms with Gasteiger partial charge in [0.25, 0.3) is 11.8 Å². The first-order chi connectivity index (χ1) is 14.4. The van der Waals surface area contributed by atoms with Gasteiger partial charge in [-0.3, -0.25) is 14.7 Å². The Balaban J connectivity index is 1.37. The fraction of sp³-hybridized carbons (Fsp3) is 0.364. The molecule has 30 heavy (non-hydrogen) atoms. The van der Waals surface area contributed by atoms with Gasteiger partial charge in [-0.25, -0.2) is 4.98 Å². The van der Waals surface area contributed by atoms with Crippen LogP contribution in [-0.4, -0.2) is 69.6 Å². The number of piperazine rings is 1. The van der Waals surface area contributed by atoms with E-state index in [4.69, 9.17) is 4.74 Å². The average molecular weight is 407 g/mol. The van der Waals surface area contributed by atoms with Gasteiger partial charge in [-0.1, -0.05) is 17.7 Å². The van der Waals surface area contributed by atoms with E-state index in [9.17, 15) is 9.59 Å². The summed E-state index contributed by atoms with van der Waals surface area (Å²) in [5, 5.41) is 7.84. The second kappa shape index (κ2) is 8.14. The summed E-state index contributed by atoms with van der Waals surface area (Å²) in [6.45, 7) is 7.67. The van der Waals surface area contributed by atoms with Gasteiger partial charge >= 0.3 is 0 Å². The lowest BCUT2D eigenvalue weighted by Gasteiger charge is -2.34. The smallest absolute Gasteiger partial charge is 0.260 e. The van der Waals surface area contributed by atoms with Crippen LogP contribution >= 0.6 is 0 Å². The molecule has 0 radical (unpaired) electrons. The van der Waals surface area contributed by atoms with Crippen molar-refractivity contribution in [3.63, 3.8) is 0 Å². The molecule has 0 unspecified atom stereocenters. The molecule has 0 saturated carbocycles. The highest BCUT2D eigenvalue weighted by Gasteiger charge is 2.27. The molecule has 4 rings (SSSR count). The standard InChI is InChI=1S/C22H25N5O3/c1-14-4-6-17(7-5-14)30-13-19(28)26-8-10-27(11-9-26)22(29)18-12-15(2)23-21-20(18)16(3)24-25-21/h4-7,12H,8-11,13H2,1-3H3,(H,23,24,25). The summed E-state index contributed by atoms with van der Waals surface area (Å²) in [7, 11) is 0. The largest absolute Gasteiger partial charge is 0.484 e. The third-order valence-electron chi connectivity index (χ3n) is 5.37. The molecule has 3 heterocycles. The quantitative estimate of drug-likeness (QED) is 0.716. The first-order valence-electron chi connectivity index (χ1n) is 10.0. The fourth-order valence-corrected chi connectivity index (χ4v) is 3.67. The first-order valence-corrected chi connectivity index (χ1v) is 10.0. The van der Waals surface area contributed by atoms with E-state index in [0.717, 1.165) is 22.3 Å². The van der Waals surface area contributed by atoms with Gasteiger partial charge < -0.3 is 14.5 Å². The van der Waals surface area contributed by atoms with Gasteiger partial charge in [0.2, 0.25) is 0 Å². The molecule has 1 aromatic carbocycles. The highest BCUT2D eigenvalue weighted by atomic mass is 16.5. The van der Waals surface area contributed by atoms with E-state index >= 15 is 0 Å². The minimum absolute atomic E-state index is 0.00457. The van der Waals surface area contributed by atoms with Crippen LogP contribution in [0.25, 0.3) is 11.0 Å². The SMILES string of the molecule is Cc1ccc(OCC(=O)N2CCN(C(=O)c3cc(C)nc4n[nH]c(C)c34)CC2)cc1. The van der Waals surface area contributed by atoms with Crippen molar-refractivity contribution in [2.45, 2.75) is 20.8 Å². The number of hydrogen-bond acceptors (Lipinski definition) is 5. The average Bonchev–Trinajstić information content (AvgIpc) is 3.12. The maximum absolute atomic E-state index is 13.2. The third kappa shape index (κ3) is 3.98. The van der Waals surface area contributed by atoms with E-state index in [1.54, 1.807) is 15.9 Å². The van der Waals surface area contributed by atoms with Crippen LogP contribution in [0.4, 0.5) is 0 Å². The van der Waals surface area contributed by atoms with Gasteiger partial charge in [0.1, 0.15) is 5.75 Å². The van der Waals surface area contributed by atoms with E-state index in [-0.39, 0.29) is 18.4 Å². The number of pyridine rings is 1. The number of aromatic amines is 1. The number of rotatable bonds is 4. The molecule has 1 aliphatic rings. The molecule has 3 aromatic rings. The second-order valence-corrected chi connectivity index (χ2v) is 7.63. The van der Waals surface area contributed by atoms with Gasteiger partial charge in [0, 0.05) is 37.6 Å². The summed E-state index contributed by atoms with van der Waals surface area (Å²) >= 11 is 0. The van der Waals surface area contributed by atoms with Crippen molar-refractivity contribution in [3.05, 3.63) is 52.8 Å². The summed E-state index contributed by atoms with van der Waals surface area (Å²) < 4.78 is 5.60. The lowest BCUT2D eigenvalue weighted by molar-refractivity contribution is -0.134. The Hall–Kier alpha value is -3.42. The molecule has 1 aliphatic heterocycles. The molecule has 0 spiro atoms. The molecule has 156 valence electrons. The van der Waals surface area contributed by atoms with Crippen LogP contribution in [0.5, 0.6) is 5.75 Å². The summed E-state index contributed by atoms with van der Waals surface area (Å²) in [6.07, 6.45) is 0. The maximum Gasteiger partial charge on any atom is 0.260 e. The number of carbonyl (C=O) groups excluding carboxylic acids is 2. The van der Waals surface area contributed by atoms with Crippen LogP contribution in [0.3, 0.4) is 0 Å². The lowest BCUT2D eigenvalue weighted by Crippen LogP contribution is -2.51. The van der Waals surface area contributed by atoms with Gasteiger partial charge in [-0.2, -0.15) is 5.10 Å². The summed E-state index contributed by atoms with van der Waals surface area (Å²) in [4.78, 5) is 33.6. The molecule has 0 aliphatic carbocycles. The molecule has 8 heteroatoms. The van der Waals surface area contributed by atoms with Crippen LogP contribution < -0.4 is 4.74 Å². The Bertz CT molecular complexity index is 1080. The van der Waals surface area contributed by atoms with E-state index in [0.29, 0.717) is 43.1 Å². The number of benzene rings is 1. The topological polar surface area (TPSA) is 91.4 Å². The number of ether oxygens (including phenoxy) is 1. The van der Waals surface area contributed by atoms with Crippen molar-refractivity contribution in [1.82, 2.24) is 25.0 Å². The highest BCUT2D eigenvalue weighted by molar-refractivity contribution is 6.06. The number of aryl methyl sites for hydroxylation is 3. The Morgan fingerprint density at radius 1 is 1.03 bits per heavy atom. The van der Waals surface area contributed by atoms with E-state index in [1.165, 1.54) is 0 Å². The van der Waals surface area contributed by atoms with Crippen molar-refractivity contribution >= 4 is 22.8 Å². The van der Waals surface area contributed by atoms with E-state index < -0.39 is 0 Å². The fourth-order valence-electron chi connectivity index (χ4n) is 3.67. The lowest BCUT2D eigenvalue weighted by atomic mass is 10.1. The van der Waals surface area contributed by atoms with Gasteiger partial charge in [0.15, 0.2) is 12.3 Å². The molecular formula is C22H25N5O3. The number of nitrogens with one attached hydrogen (secondary N) is 1. The number of H-pyrrole nitrogens is 1. The number of aromatic nitrogens is 3. The van der Waals surface area contributed by atoms with Crippen LogP contribution in [0.1, 0.15) is 27.3 Å². The monoisotopic (exact) mass is 407 g/mol. The molecule has 1 N–H and O–H groups in total. The van der Waals surface area contributed by atoms with Gasteiger partial charge in [0.05, 0.1) is 10.9 Å². The predicted molar refractivity (Wildman–Crippen MR) is 113 cm³/mol. The molecule has 2 amide bonds. The Labute approximate surface area is 174 Å². The molecule has 1 saturated heterocycles. The zero-order valence-corrected chi connectivity index (χ0v) is 17.4. The van der Waals surface area contributed by atoms with Crippen molar-refractivity contribution < 1.29 is 14.3 Å². The second-order valence-electron chi connectivity index (χ2n) is 7.63. The highest BCUT2D eigenvalue weighted by Crippen LogP contribution is 2.22. The van der Waals surface area contributed by atoms with E-state index in [2.05, 4.69) is 15.2 Å². The van der Waals surface area contributed by atoms with Crippen molar-refractivity contribution in [1.29, 1.82) is 0 Å². The van der Waals surface area contributed by atoms with Gasteiger partial charge in [-0.15, -0.1) is 0 Å². The number of carbonyl (C=O) groups is 2. The summed E-state index contributed by atoms with van der Waals surface area (Å²) in [6, 6.07) is 9.41. The number of hydrogen-bond donors (Lipinski definition) is 1. The normalized spacial score (nSPS) is 14.2. The molecule has 2 aromatic heterocycles. The molecule has 0 atom stereocenters. The van der Waals surface area contributed by atoms with Gasteiger partial charge in [-0.05, 0) is 39.0 Å². The Morgan fingerprint density at radius 2 is 1.70 bits per heavy atom. The number of fused-ring (bicyclic) bond motifs is 1. The Morgan fingerprint density at radius 3 is 2.40 bits per heavy atom. The summed E-state index contributed by atoms with van der Waals surface area (Å²) in [5.74, 6) is 0.545. The summed E-state index contributed by atoms with van der Waals surface area (Å²) in [5.41, 5.74) is 3.87. The third-order valence-corrected chi connectivity index (χ3v) is 5.37. The molecule has 0 bridgehead atoms. The van der Waals surface area contributed by atoms with Crippen LogP contribution in [0.2, 0.25) is 0 Å². The van der Waals surface area contributed by atoms with E-state index in [1.807, 2.05) is 45.0 Å². The van der Waals surface area contributed by atoms with Crippen molar-refractivity contribution in [3.8, 4) is 5.75 Å². The van der Waals surface area contributed by atoms with Crippen LogP contribution in [-0.2, 0) is 4.79 Å². The maximum atomic E-state index is 13.2. The van der Waals surface area contributed by atoms with Crippen molar-refractivity contribution in [2.24, 2.45) is 0 Å². The molecule has 1 fully saturated rings. The van der Waals surface area contributed by atoms with Crippen LogP contribution in [0, 0.1) is 20.8 Å². The minimum atomic E-state index is -0.0736. The van der Waals surface area contributed by atoms with Crippen LogP contribution in [0.15, 0.2) is 30.3 Å². The predicted octanol–water partition coefficient (Wildman–Crippen LogP) is 2.25. The first kappa shape index (κ1) is 19.9. The zero-order valence-electron chi connectivity index (χ0n) is 17.4. The van der Waals surface area contributed by atoms with Crippen molar-refractivity contribution in [2.75, 3.05) is 32.8 Å². The number of amides is 2. The Kier molecular flexibility index (Phi) is 5.39.